The second kappa shape index (κ2) is 10.4. The highest BCUT2D eigenvalue weighted by molar-refractivity contribution is 4.94. The molecule has 1 atom stereocenters. The minimum Gasteiger partial charge on any atom is -0.312 e. The Labute approximate surface area is 133 Å². The summed E-state index contributed by atoms with van der Waals surface area (Å²) in [5.41, 5.74) is 0.286. The number of rotatable bonds is 11. The molecule has 1 rings (SSSR count). The molecule has 0 aliphatic carbocycles. The SMILES string of the molecule is C=CCCCCCC(NCCC)C(C)(C)N1CCCCC1. The van der Waals surface area contributed by atoms with E-state index in [1.54, 1.807) is 0 Å². The number of allylic oxidation sites excluding steroid dienone is 1. The summed E-state index contributed by atoms with van der Waals surface area (Å²) in [5.74, 6) is 0. The molecule has 0 aromatic carbocycles. The Morgan fingerprint density at radius 2 is 1.86 bits per heavy atom. The summed E-state index contributed by atoms with van der Waals surface area (Å²) in [6, 6.07) is 0.624. The fourth-order valence-corrected chi connectivity index (χ4v) is 3.53. The predicted octanol–water partition coefficient (Wildman–Crippen LogP) is 4.76. The monoisotopic (exact) mass is 294 g/mol. The van der Waals surface area contributed by atoms with Crippen LogP contribution in [0.5, 0.6) is 0 Å². The molecule has 2 nitrogen and oxygen atoms in total. The third-order valence-corrected chi connectivity index (χ3v) is 5.07. The summed E-state index contributed by atoms with van der Waals surface area (Å²) in [7, 11) is 0. The van der Waals surface area contributed by atoms with Crippen LogP contribution in [0.3, 0.4) is 0 Å². The average Bonchev–Trinajstić information content (AvgIpc) is 2.50. The van der Waals surface area contributed by atoms with E-state index in [-0.39, 0.29) is 5.54 Å². The number of nitrogens with zero attached hydrogens (tertiary/aromatic N) is 1. The average molecular weight is 295 g/mol. The molecular weight excluding hydrogens is 256 g/mol. The summed E-state index contributed by atoms with van der Waals surface area (Å²) in [4.78, 5) is 2.73. The van der Waals surface area contributed by atoms with Crippen molar-refractivity contribution in [3.05, 3.63) is 12.7 Å². The van der Waals surface area contributed by atoms with Crippen molar-refractivity contribution < 1.29 is 0 Å². The normalized spacial score (nSPS) is 18.6. The molecule has 1 heterocycles. The van der Waals surface area contributed by atoms with E-state index in [2.05, 4.69) is 37.6 Å². The lowest BCUT2D eigenvalue weighted by atomic mass is 9.86. The predicted molar refractivity (Wildman–Crippen MR) is 94.9 cm³/mol. The number of piperidine rings is 1. The van der Waals surface area contributed by atoms with Gasteiger partial charge >= 0.3 is 0 Å². The van der Waals surface area contributed by atoms with Crippen molar-refractivity contribution in [2.45, 2.75) is 90.1 Å². The van der Waals surface area contributed by atoms with Crippen molar-refractivity contribution in [3.63, 3.8) is 0 Å². The lowest BCUT2D eigenvalue weighted by Crippen LogP contribution is -2.59. The zero-order valence-electron chi connectivity index (χ0n) is 14.8. The fraction of sp³-hybridized carbons (Fsp3) is 0.895. The maximum absolute atomic E-state index is 3.84. The minimum atomic E-state index is 0.286. The van der Waals surface area contributed by atoms with Gasteiger partial charge in [-0.2, -0.15) is 0 Å². The zero-order chi connectivity index (χ0) is 15.6. The van der Waals surface area contributed by atoms with Crippen LogP contribution < -0.4 is 5.32 Å². The topological polar surface area (TPSA) is 15.3 Å². The molecule has 0 saturated carbocycles. The van der Waals surface area contributed by atoms with E-state index in [9.17, 15) is 0 Å². The first kappa shape index (κ1) is 18.7. The van der Waals surface area contributed by atoms with Crippen LogP contribution in [0.1, 0.15) is 78.6 Å². The van der Waals surface area contributed by atoms with Crippen LogP contribution in [0, 0.1) is 0 Å². The van der Waals surface area contributed by atoms with Gasteiger partial charge in [0.2, 0.25) is 0 Å². The summed E-state index contributed by atoms with van der Waals surface area (Å²) in [5, 5.41) is 3.84. The Morgan fingerprint density at radius 1 is 1.14 bits per heavy atom. The number of unbranched alkanes of at least 4 members (excludes halogenated alkanes) is 3. The maximum atomic E-state index is 3.84. The maximum Gasteiger partial charge on any atom is 0.0306 e. The smallest absolute Gasteiger partial charge is 0.0306 e. The van der Waals surface area contributed by atoms with E-state index >= 15 is 0 Å². The lowest BCUT2D eigenvalue weighted by molar-refractivity contribution is 0.0573. The molecule has 1 saturated heterocycles. The Morgan fingerprint density at radius 3 is 2.48 bits per heavy atom. The van der Waals surface area contributed by atoms with Crippen LogP contribution in [-0.2, 0) is 0 Å². The van der Waals surface area contributed by atoms with Crippen LogP contribution >= 0.6 is 0 Å². The number of hydrogen-bond donors (Lipinski definition) is 1. The van der Waals surface area contributed by atoms with E-state index in [1.165, 1.54) is 70.9 Å². The van der Waals surface area contributed by atoms with Crippen LogP contribution in [0.25, 0.3) is 0 Å². The highest BCUT2D eigenvalue weighted by atomic mass is 15.2. The molecule has 21 heavy (non-hydrogen) atoms. The lowest BCUT2D eigenvalue weighted by Gasteiger charge is -2.46. The molecule has 124 valence electrons. The van der Waals surface area contributed by atoms with Gasteiger partial charge in [0, 0.05) is 11.6 Å². The molecule has 0 bridgehead atoms. The Balaban J connectivity index is 2.50. The molecule has 0 aromatic heterocycles. The van der Waals surface area contributed by atoms with Gasteiger partial charge < -0.3 is 5.32 Å². The summed E-state index contributed by atoms with van der Waals surface area (Å²) < 4.78 is 0. The molecule has 2 heteroatoms. The van der Waals surface area contributed by atoms with Crippen molar-refractivity contribution in [2.75, 3.05) is 19.6 Å². The van der Waals surface area contributed by atoms with Gasteiger partial charge in [-0.1, -0.05) is 32.3 Å². The van der Waals surface area contributed by atoms with Crippen molar-refractivity contribution in [1.82, 2.24) is 10.2 Å². The third-order valence-electron chi connectivity index (χ3n) is 5.07. The van der Waals surface area contributed by atoms with Crippen molar-refractivity contribution in [1.29, 1.82) is 0 Å². The van der Waals surface area contributed by atoms with Crippen LogP contribution in [0.2, 0.25) is 0 Å². The van der Waals surface area contributed by atoms with E-state index < -0.39 is 0 Å². The highest BCUT2D eigenvalue weighted by Gasteiger charge is 2.35. The van der Waals surface area contributed by atoms with Gasteiger partial charge in [-0.3, -0.25) is 4.90 Å². The van der Waals surface area contributed by atoms with Crippen molar-refractivity contribution in [2.24, 2.45) is 0 Å². The van der Waals surface area contributed by atoms with Gasteiger partial charge in [-0.25, -0.2) is 0 Å². The molecular formula is C19H38N2. The molecule has 1 fully saturated rings. The molecule has 1 N–H and O–H groups in total. The van der Waals surface area contributed by atoms with Gasteiger partial charge in [0.15, 0.2) is 0 Å². The number of likely N-dealkylation sites (tertiary alicyclic amines) is 1. The highest BCUT2D eigenvalue weighted by Crippen LogP contribution is 2.26. The van der Waals surface area contributed by atoms with Gasteiger partial charge in [-0.15, -0.1) is 6.58 Å². The molecule has 1 aliphatic rings. The zero-order valence-corrected chi connectivity index (χ0v) is 14.8. The van der Waals surface area contributed by atoms with Crippen LogP contribution in [-0.4, -0.2) is 36.1 Å². The molecule has 0 spiro atoms. The van der Waals surface area contributed by atoms with E-state index in [4.69, 9.17) is 0 Å². The standard InChI is InChI=1S/C19H38N2/c1-5-7-8-9-11-14-18(20-15-6-2)19(3,4)21-16-12-10-13-17-21/h5,18,20H,1,6-17H2,2-4H3. The molecule has 1 aliphatic heterocycles. The first-order valence-corrected chi connectivity index (χ1v) is 9.22. The summed E-state index contributed by atoms with van der Waals surface area (Å²) in [6.45, 7) is 14.7. The quantitative estimate of drug-likeness (QED) is 0.437. The molecule has 1 unspecified atom stereocenters. The number of hydrogen-bond acceptors (Lipinski definition) is 2. The molecule has 0 radical (unpaired) electrons. The summed E-state index contributed by atoms with van der Waals surface area (Å²) >= 11 is 0. The Bertz CT molecular complexity index is 267. The second-order valence-electron chi connectivity index (χ2n) is 7.13. The van der Waals surface area contributed by atoms with E-state index in [0.717, 1.165) is 6.54 Å². The van der Waals surface area contributed by atoms with Gasteiger partial charge in [-0.05, 0) is 72.0 Å². The van der Waals surface area contributed by atoms with Gasteiger partial charge in [0.05, 0.1) is 0 Å². The van der Waals surface area contributed by atoms with E-state index in [0.29, 0.717) is 6.04 Å². The fourth-order valence-electron chi connectivity index (χ4n) is 3.53. The summed E-state index contributed by atoms with van der Waals surface area (Å²) in [6.07, 6.45) is 13.9. The van der Waals surface area contributed by atoms with Crippen LogP contribution in [0.4, 0.5) is 0 Å². The Kier molecular flexibility index (Phi) is 9.26. The van der Waals surface area contributed by atoms with Crippen molar-refractivity contribution >= 4 is 0 Å². The first-order valence-electron chi connectivity index (χ1n) is 9.22. The molecule has 0 aromatic rings. The minimum absolute atomic E-state index is 0.286. The largest absolute Gasteiger partial charge is 0.312 e. The first-order chi connectivity index (χ1) is 10.1. The van der Waals surface area contributed by atoms with Gasteiger partial charge in [0.1, 0.15) is 0 Å². The van der Waals surface area contributed by atoms with Crippen LogP contribution in [0.15, 0.2) is 12.7 Å². The number of nitrogens with one attached hydrogen (secondary N) is 1. The van der Waals surface area contributed by atoms with E-state index in [1.807, 2.05) is 6.08 Å². The third kappa shape index (κ3) is 6.52. The van der Waals surface area contributed by atoms with Gasteiger partial charge in [0.25, 0.3) is 0 Å². The molecule has 0 amide bonds. The van der Waals surface area contributed by atoms with Crippen molar-refractivity contribution in [3.8, 4) is 0 Å². The Hall–Kier alpha value is -0.340. The second-order valence-corrected chi connectivity index (χ2v) is 7.13.